The molecule has 0 saturated heterocycles. The molecule has 2 N–H and O–H groups in total. The molecule has 130 valence electrons. The third kappa shape index (κ3) is 3.38. The molecule has 0 saturated carbocycles. The fourth-order valence-corrected chi connectivity index (χ4v) is 3.64. The van der Waals surface area contributed by atoms with Crippen molar-refractivity contribution in [2.24, 2.45) is 5.14 Å². The number of rotatable bonds is 4. The lowest BCUT2D eigenvalue weighted by molar-refractivity contribution is 0.598. The zero-order valence-electron chi connectivity index (χ0n) is 14.7. The van der Waals surface area contributed by atoms with Crippen LogP contribution in [0, 0.1) is 13.8 Å². The first kappa shape index (κ1) is 17.5. The molecule has 1 heterocycles. The van der Waals surface area contributed by atoms with E-state index in [0.717, 1.165) is 23.4 Å². The van der Waals surface area contributed by atoms with Gasteiger partial charge in [0.15, 0.2) is 0 Å². The Kier molecular flexibility index (Phi) is 4.54. The van der Waals surface area contributed by atoms with Crippen LogP contribution in [0.15, 0.2) is 59.5 Å². The second-order valence-electron chi connectivity index (χ2n) is 6.25. The van der Waals surface area contributed by atoms with E-state index in [4.69, 9.17) is 5.14 Å². The first-order valence-electron chi connectivity index (χ1n) is 8.22. The van der Waals surface area contributed by atoms with Crippen molar-refractivity contribution in [3.63, 3.8) is 0 Å². The van der Waals surface area contributed by atoms with E-state index in [1.807, 2.05) is 0 Å². The summed E-state index contributed by atoms with van der Waals surface area (Å²) in [6.45, 7) is 6.29. The lowest BCUT2D eigenvalue weighted by Gasteiger charge is -2.14. The topological polar surface area (TPSA) is 65.1 Å². The van der Waals surface area contributed by atoms with Crippen LogP contribution in [0.4, 0.5) is 0 Å². The molecule has 0 unspecified atom stereocenters. The maximum absolute atomic E-state index is 11.5. The lowest BCUT2D eigenvalue weighted by Crippen LogP contribution is -2.12. The van der Waals surface area contributed by atoms with Crippen LogP contribution in [0.1, 0.15) is 23.7 Å². The highest BCUT2D eigenvalue weighted by Crippen LogP contribution is 2.30. The fraction of sp³-hybridized carbons (Fsp3) is 0.200. The Hall–Kier alpha value is -2.37. The van der Waals surface area contributed by atoms with Gasteiger partial charge in [0.2, 0.25) is 10.0 Å². The summed E-state index contributed by atoms with van der Waals surface area (Å²) in [5.74, 6) is 0. The molecule has 0 bridgehead atoms. The van der Waals surface area contributed by atoms with Crippen LogP contribution < -0.4 is 5.14 Å². The average Bonchev–Trinajstić information content (AvgIpc) is 2.91. The molecule has 2 aromatic carbocycles. The monoisotopic (exact) mass is 354 g/mol. The van der Waals surface area contributed by atoms with Gasteiger partial charge in [-0.05, 0) is 61.7 Å². The first-order chi connectivity index (χ1) is 11.8. The van der Waals surface area contributed by atoms with Gasteiger partial charge >= 0.3 is 0 Å². The summed E-state index contributed by atoms with van der Waals surface area (Å²) in [5.41, 5.74) is 6.79. The number of hydrogen-bond acceptors (Lipinski definition) is 2. The highest BCUT2D eigenvalue weighted by Gasteiger charge is 2.15. The summed E-state index contributed by atoms with van der Waals surface area (Å²) in [7, 11) is -3.69. The molecule has 5 heteroatoms. The molecule has 25 heavy (non-hydrogen) atoms. The van der Waals surface area contributed by atoms with Crippen molar-refractivity contribution in [1.82, 2.24) is 4.57 Å². The van der Waals surface area contributed by atoms with E-state index < -0.39 is 10.0 Å². The lowest BCUT2D eigenvalue weighted by atomic mass is 10.1. The number of benzene rings is 2. The number of aryl methyl sites for hydroxylation is 2. The maximum atomic E-state index is 11.5. The summed E-state index contributed by atoms with van der Waals surface area (Å²) < 4.78 is 25.2. The summed E-state index contributed by atoms with van der Waals surface area (Å²) in [5, 5.41) is 5.21. The largest absolute Gasteiger partial charge is 0.313 e. The van der Waals surface area contributed by atoms with Gasteiger partial charge in [-0.3, -0.25) is 0 Å². The van der Waals surface area contributed by atoms with Gasteiger partial charge in [-0.15, -0.1) is 0 Å². The molecule has 0 aliphatic heterocycles. The Morgan fingerprint density at radius 1 is 0.960 bits per heavy atom. The van der Waals surface area contributed by atoms with Gasteiger partial charge in [-0.25, -0.2) is 13.6 Å². The molecule has 0 aliphatic carbocycles. The smallest absolute Gasteiger partial charge is 0.238 e. The van der Waals surface area contributed by atoms with Crippen LogP contribution in [0.3, 0.4) is 0 Å². The molecule has 0 fully saturated rings. The molecule has 3 aromatic rings. The summed E-state index contributed by atoms with van der Waals surface area (Å²) in [6, 6.07) is 17.3. The van der Waals surface area contributed by atoms with Gasteiger partial charge in [0.25, 0.3) is 0 Å². The Labute approximate surface area is 149 Å². The minimum absolute atomic E-state index is 0.120. The molecular weight excluding hydrogens is 332 g/mol. The van der Waals surface area contributed by atoms with Crippen molar-refractivity contribution in [3.05, 3.63) is 71.4 Å². The normalized spacial score (nSPS) is 11.7. The highest BCUT2D eigenvalue weighted by atomic mass is 32.2. The van der Waals surface area contributed by atoms with Crippen LogP contribution in [-0.4, -0.2) is 13.0 Å². The van der Waals surface area contributed by atoms with Gasteiger partial charge < -0.3 is 4.57 Å². The summed E-state index contributed by atoms with van der Waals surface area (Å²) >= 11 is 0. The van der Waals surface area contributed by atoms with E-state index in [0.29, 0.717) is 0 Å². The number of nitrogens with zero attached hydrogens (tertiary/aromatic N) is 1. The van der Waals surface area contributed by atoms with Crippen molar-refractivity contribution in [2.75, 3.05) is 0 Å². The SMILES string of the molecule is CCc1c(C)cc(-c2ccc(C)cc2)n1-c1ccc(S(N)(=O)=O)cc1. The number of sulfonamides is 1. The van der Waals surface area contributed by atoms with Gasteiger partial charge in [0, 0.05) is 11.4 Å². The standard InChI is InChI=1S/C20H22N2O2S/c1-4-19-15(3)13-20(16-7-5-14(2)6-8-16)22(19)17-9-11-18(12-10-17)25(21,23)24/h5-13H,4H2,1-3H3,(H2,21,23,24). The quantitative estimate of drug-likeness (QED) is 0.770. The Morgan fingerprint density at radius 2 is 1.56 bits per heavy atom. The highest BCUT2D eigenvalue weighted by molar-refractivity contribution is 7.89. The second-order valence-corrected chi connectivity index (χ2v) is 7.81. The van der Waals surface area contributed by atoms with Gasteiger partial charge in [0.1, 0.15) is 0 Å². The molecule has 0 radical (unpaired) electrons. The van der Waals surface area contributed by atoms with Gasteiger partial charge in [-0.2, -0.15) is 0 Å². The fourth-order valence-electron chi connectivity index (χ4n) is 3.13. The van der Waals surface area contributed by atoms with Crippen molar-refractivity contribution < 1.29 is 8.42 Å². The third-order valence-electron chi connectivity index (χ3n) is 4.42. The van der Waals surface area contributed by atoms with Crippen molar-refractivity contribution in [3.8, 4) is 16.9 Å². The number of nitrogens with two attached hydrogens (primary N) is 1. The van der Waals surface area contributed by atoms with E-state index in [9.17, 15) is 8.42 Å². The van der Waals surface area contributed by atoms with Crippen molar-refractivity contribution in [1.29, 1.82) is 0 Å². The second kappa shape index (κ2) is 6.50. The molecule has 0 amide bonds. The molecular formula is C20H22N2O2S. The summed E-state index contributed by atoms with van der Waals surface area (Å²) in [6.07, 6.45) is 0.884. The zero-order chi connectivity index (χ0) is 18.2. The molecule has 3 rings (SSSR count). The number of hydrogen-bond donors (Lipinski definition) is 1. The van der Waals surface area contributed by atoms with E-state index in [-0.39, 0.29) is 4.90 Å². The maximum Gasteiger partial charge on any atom is 0.238 e. The van der Waals surface area contributed by atoms with Crippen LogP contribution in [0.2, 0.25) is 0 Å². The molecule has 1 aromatic heterocycles. The van der Waals surface area contributed by atoms with E-state index >= 15 is 0 Å². The van der Waals surface area contributed by atoms with Crippen LogP contribution >= 0.6 is 0 Å². The predicted octanol–water partition coefficient (Wildman–Crippen LogP) is 3.97. The predicted molar refractivity (Wildman–Crippen MR) is 101 cm³/mol. The Balaban J connectivity index is 2.19. The van der Waals surface area contributed by atoms with Gasteiger partial charge in [-0.1, -0.05) is 36.8 Å². The summed E-state index contributed by atoms with van der Waals surface area (Å²) in [4.78, 5) is 0.120. The van der Waals surface area contributed by atoms with E-state index in [2.05, 4.69) is 55.7 Å². The van der Waals surface area contributed by atoms with E-state index in [1.54, 1.807) is 24.3 Å². The molecule has 0 aliphatic rings. The van der Waals surface area contributed by atoms with Crippen molar-refractivity contribution >= 4 is 10.0 Å². The molecule has 4 nitrogen and oxygen atoms in total. The number of aromatic nitrogens is 1. The number of primary sulfonamides is 1. The van der Waals surface area contributed by atoms with Crippen LogP contribution in [0.5, 0.6) is 0 Å². The molecule has 0 spiro atoms. The van der Waals surface area contributed by atoms with Crippen LogP contribution in [-0.2, 0) is 16.4 Å². The zero-order valence-corrected chi connectivity index (χ0v) is 15.5. The minimum Gasteiger partial charge on any atom is -0.313 e. The first-order valence-corrected chi connectivity index (χ1v) is 9.77. The molecule has 0 atom stereocenters. The Bertz CT molecular complexity index is 999. The van der Waals surface area contributed by atoms with Gasteiger partial charge in [0.05, 0.1) is 10.6 Å². The van der Waals surface area contributed by atoms with Crippen LogP contribution in [0.25, 0.3) is 16.9 Å². The average molecular weight is 354 g/mol. The van der Waals surface area contributed by atoms with Crippen molar-refractivity contribution in [2.45, 2.75) is 32.1 Å². The minimum atomic E-state index is -3.69. The van der Waals surface area contributed by atoms with E-state index in [1.165, 1.54) is 16.8 Å². The third-order valence-corrected chi connectivity index (χ3v) is 5.35. The Morgan fingerprint density at radius 3 is 2.08 bits per heavy atom.